The highest BCUT2D eigenvalue weighted by atomic mass is 15.1. The van der Waals surface area contributed by atoms with Crippen LogP contribution < -0.4 is 5.32 Å². The van der Waals surface area contributed by atoms with Crippen LogP contribution in [-0.4, -0.2) is 15.6 Å². The van der Waals surface area contributed by atoms with E-state index in [-0.39, 0.29) is 0 Å². The van der Waals surface area contributed by atoms with Gasteiger partial charge in [-0.15, -0.1) is 0 Å². The topological polar surface area (TPSA) is 29.9 Å². The SMILES string of the molecule is CC(C)CCCn1cncc1CNC1CC1. The first kappa shape index (κ1) is 11.6. The van der Waals surface area contributed by atoms with E-state index in [9.17, 15) is 0 Å². The Kier molecular flexibility index (Phi) is 3.99. The van der Waals surface area contributed by atoms with E-state index in [0.717, 1.165) is 25.0 Å². The van der Waals surface area contributed by atoms with E-state index in [1.165, 1.54) is 31.4 Å². The fourth-order valence-corrected chi connectivity index (χ4v) is 1.90. The summed E-state index contributed by atoms with van der Waals surface area (Å²) in [4.78, 5) is 4.24. The van der Waals surface area contributed by atoms with Gasteiger partial charge >= 0.3 is 0 Å². The minimum atomic E-state index is 0.777. The largest absolute Gasteiger partial charge is 0.333 e. The summed E-state index contributed by atoms with van der Waals surface area (Å²) in [7, 11) is 0. The molecule has 0 unspecified atom stereocenters. The van der Waals surface area contributed by atoms with Gasteiger partial charge in [-0.1, -0.05) is 13.8 Å². The number of hydrogen-bond acceptors (Lipinski definition) is 2. The van der Waals surface area contributed by atoms with Crippen molar-refractivity contribution in [2.45, 2.75) is 58.7 Å². The van der Waals surface area contributed by atoms with E-state index >= 15 is 0 Å². The number of nitrogens with one attached hydrogen (secondary N) is 1. The zero-order valence-electron chi connectivity index (χ0n) is 10.4. The minimum Gasteiger partial charge on any atom is -0.333 e. The van der Waals surface area contributed by atoms with Crippen LogP contribution in [0.4, 0.5) is 0 Å². The van der Waals surface area contributed by atoms with Crippen LogP contribution in [0.3, 0.4) is 0 Å². The Bertz CT molecular complexity index is 313. The lowest BCUT2D eigenvalue weighted by Gasteiger charge is -2.09. The molecule has 3 heteroatoms. The predicted octanol–water partition coefficient (Wildman–Crippen LogP) is 2.57. The Hall–Kier alpha value is -0.830. The molecule has 0 spiro atoms. The van der Waals surface area contributed by atoms with Crippen LogP contribution in [-0.2, 0) is 13.1 Å². The molecule has 2 rings (SSSR count). The third-order valence-corrected chi connectivity index (χ3v) is 3.13. The molecule has 1 aromatic rings. The van der Waals surface area contributed by atoms with Crippen LogP contribution in [0.25, 0.3) is 0 Å². The van der Waals surface area contributed by atoms with Crippen molar-refractivity contribution in [1.29, 1.82) is 0 Å². The van der Waals surface area contributed by atoms with Crippen molar-refractivity contribution in [2.75, 3.05) is 0 Å². The maximum absolute atomic E-state index is 4.24. The Morgan fingerprint density at radius 1 is 1.50 bits per heavy atom. The van der Waals surface area contributed by atoms with Gasteiger partial charge in [0.2, 0.25) is 0 Å². The van der Waals surface area contributed by atoms with E-state index < -0.39 is 0 Å². The van der Waals surface area contributed by atoms with E-state index in [2.05, 4.69) is 28.7 Å². The average molecular weight is 221 g/mol. The quantitative estimate of drug-likeness (QED) is 0.767. The third kappa shape index (κ3) is 3.63. The molecule has 1 saturated carbocycles. The second-order valence-corrected chi connectivity index (χ2v) is 5.27. The fraction of sp³-hybridized carbons (Fsp3) is 0.769. The maximum atomic E-state index is 4.24. The summed E-state index contributed by atoms with van der Waals surface area (Å²) in [6.45, 7) is 6.65. The number of rotatable bonds is 7. The van der Waals surface area contributed by atoms with Crippen molar-refractivity contribution in [1.82, 2.24) is 14.9 Å². The van der Waals surface area contributed by atoms with Gasteiger partial charge in [-0.2, -0.15) is 0 Å². The first-order valence-corrected chi connectivity index (χ1v) is 6.48. The predicted molar refractivity (Wildman–Crippen MR) is 66.2 cm³/mol. The average Bonchev–Trinajstić information content (AvgIpc) is 2.96. The van der Waals surface area contributed by atoms with Gasteiger partial charge in [-0.25, -0.2) is 4.98 Å². The maximum Gasteiger partial charge on any atom is 0.0948 e. The summed E-state index contributed by atoms with van der Waals surface area (Å²) in [6, 6.07) is 0.777. The van der Waals surface area contributed by atoms with Crippen LogP contribution >= 0.6 is 0 Å². The Balaban J connectivity index is 1.76. The fourth-order valence-electron chi connectivity index (χ4n) is 1.90. The lowest BCUT2D eigenvalue weighted by molar-refractivity contribution is 0.500. The second-order valence-electron chi connectivity index (χ2n) is 5.27. The number of nitrogens with zero attached hydrogens (tertiary/aromatic N) is 2. The molecule has 0 aromatic carbocycles. The van der Waals surface area contributed by atoms with Crippen molar-refractivity contribution in [3.63, 3.8) is 0 Å². The van der Waals surface area contributed by atoms with Gasteiger partial charge in [0.25, 0.3) is 0 Å². The van der Waals surface area contributed by atoms with Gasteiger partial charge in [0.15, 0.2) is 0 Å². The molecular formula is C13H23N3. The van der Waals surface area contributed by atoms with Crippen molar-refractivity contribution in [3.8, 4) is 0 Å². The van der Waals surface area contributed by atoms with Gasteiger partial charge < -0.3 is 9.88 Å². The van der Waals surface area contributed by atoms with E-state index in [1.807, 2.05) is 12.5 Å². The van der Waals surface area contributed by atoms with Crippen molar-refractivity contribution in [2.24, 2.45) is 5.92 Å². The molecule has 3 nitrogen and oxygen atoms in total. The normalized spacial score (nSPS) is 15.9. The van der Waals surface area contributed by atoms with Crippen molar-refractivity contribution >= 4 is 0 Å². The summed E-state index contributed by atoms with van der Waals surface area (Å²) in [6.07, 6.45) is 9.20. The lowest BCUT2D eigenvalue weighted by Crippen LogP contribution is -2.18. The summed E-state index contributed by atoms with van der Waals surface area (Å²) >= 11 is 0. The molecule has 1 fully saturated rings. The highest BCUT2D eigenvalue weighted by molar-refractivity contribution is 4.99. The van der Waals surface area contributed by atoms with Crippen LogP contribution in [0.2, 0.25) is 0 Å². The lowest BCUT2D eigenvalue weighted by atomic mass is 10.1. The zero-order chi connectivity index (χ0) is 11.4. The molecule has 0 amide bonds. The molecule has 1 aromatic heterocycles. The molecule has 0 saturated heterocycles. The van der Waals surface area contributed by atoms with Crippen LogP contribution in [0.15, 0.2) is 12.5 Å². The van der Waals surface area contributed by atoms with Gasteiger partial charge in [0, 0.05) is 25.3 Å². The molecule has 1 aliphatic rings. The zero-order valence-corrected chi connectivity index (χ0v) is 10.4. The summed E-state index contributed by atoms with van der Waals surface area (Å²) in [5.74, 6) is 0.802. The smallest absolute Gasteiger partial charge is 0.0948 e. The van der Waals surface area contributed by atoms with Crippen molar-refractivity contribution < 1.29 is 0 Å². The standard InChI is InChI=1S/C13H23N3/c1-11(2)4-3-7-16-10-14-8-13(16)9-15-12-5-6-12/h8,10-12,15H,3-7,9H2,1-2H3. The van der Waals surface area contributed by atoms with E-state index in [0.29, 0.717) is 0 Å². The molecule has 1 N–H and O–H groups in total. The van der Waals surface area contributed by atoms with Gasteiger partial charge in [-0.3, -0.25) is 0 Å². The number of hydrogen-bond donors (Lipinski definition) is 1. The number of aromatic nitrogens is 2. The monoisotopic (exact) mass is 221 g/mol. The summed E-state index contributed by atoms with van der Waals surface area (Å²) in [5.41, 5.74) is 1.33. The van der Waals surface area contributed by atoms with E-state index in [4.69, 9.17) is 0 Å². The second kappa shape index (κ2) is 5.48. The van der Waals surface area contributed by atoms with Crippen LogP contribution in [0, 0.1) is 5.92 Å². The molecule has 16 heavy (non-hydrogen) atoms. The Morgan fingerprint density at radius 3 is 3.00 bits per heavy atom. The molecule has 0 atom stereocenters. The highest BCUT2D eigenvalue weighted by Crippen LogP contribution is 2.19. The third-order valence-electron chi connectivity index (χ3n) is 3.13. The van der Waals surface area contributed by atoms with Crippen molar-refractivity contribution in [3.05, 3.63) is 18.2 Å². The van der Waals surface area contributed by atoms with Crippen LogP contribution in [0.5, 0.6) is 0 Å². The molecule has 90 valence electrons. The highest BCUT2D eigenvalue weighted by Gasteiger charge is 2.20. The summed E-state index contributed by atoms with van der Waals surface area (Å²) < 4.78 is 2.29. The molecule has 1 aliphatic carbocycles. The first-order chi connectivity index (χ1) is 7.75. The summed E-state index contributed by atoms with van der Waals surface area (Å²) in [5, 5.41) is 3.54. The molecule has 0 aliphatic heterocycles. The van der Waals surface area contributed by atoms with Gasteiger partial charge in [0.1, 0.15) is 0 Å². The molecule has 1 heterocycles. The van der Waals surface area contributed by atoms with Crippen LogP contribution in [0.1, 0.15) is 45.2 Å². The minimum absolute atomic E-state index is 0.777. The molecule has 0 radical (unpaired) electrons. The molecular weight excluding hydrogens is 198 g/mol. The molecule has 0 bridgehead atoms. The first-order valence-electron chi connectivity index (χ1n) is 6.48. The Morgan fingerprint density at radius 2 is 2.31 bits per heavy atom. The van der Waals surface area contributed by atoms with Gasteiger partial charge in [0.05, 0.1) is 12.0 Å². The van der Waals surface area contributed by atoms with E-state index in [1.54, 1.807) is 0 Å². The Labute approximate surface area is 98.3 Å². The number of aryl methyl sites for hydroxylation is 1. The van der Waals surface area contributed by atoms with Gasteiger partial charge in [-0.05, 0) is 31.6 Å². The number of imidazole rings is 1.